The molecule has 1 fully saturated rings. The van der Waals surface area contributed by atoms with Crippen LogP contribution in [0.3, 0.4) is 0 Å². The van der Waals surface area contributed by atoms with Gasteiger partial charge >= 0.3 is 6.18 Å². The van der Waals surface area contributed by atoms with E-state index in [9.17, 15) is 13.2 Å². The van der Waals surface area contributed by atoms with Gasteiger partial charge in [-0.25, -0.2) is 0 Å². The lowest BCUT2D eigenvalue weighted by atomic mass is 9.77. The first kappa shape index (κ1) is 12.9. The van der Waals surface area contributed by atoms with Gasteiger partial charge in [-0.3, -0.25) is 0 Å². The van der Waals surface area contributed by atoms with Crippen LogP contribution in [0.2, 0.25) is 0 Å². The fourth-order valence-corrected chi connectivity index (χ4v) is 2.51. The van der Waals surface area contributed by atoms with Crippen LogP contribution in [0.5, 0.6) is 0 Å². The summed E-state index contributed by atoms with van der Waals surface area (Å²) < 4.78 is 37.0. The minimum Gasteiger partial charge on any atom is -0.171 e. The van der Waals surface area contributed by atoms with Gasteiger partial charge in [0.25, 0.3) is 0 Å². The molecule has 1 unspecified atom stereocenters. The van der Waals surface area contributed by atoms with Crippen LogP contribution in [-0.4, -0.2) is 6.18 Å². The van der Waals surface area contributed by atoms with Crippen molar-refractivity contribution >= 4 is 0 Å². The van der Waals surface area contributed by atoms with Crippen molar-refractivity contribution in [3.63, 3.8) is 0 Å². The van der Waals surface area contributed by atoms with E-state index in [0.717, 1.165) is 31.6 Å². The Balaban J connectivity index is 2.29. The van der Waals surface area contributed by atoms with Gasteiger partial charge in [0.05, 0.1) is 5.92 Å². The van der Waals surface area contributed by atoms with E-state index in [0.29, 0.717) is 12.3 Å². The monoisotopic (exact) mass is 222 g/mol. The summed E-state index contributed by atoms with van der Waals surface area (Å²) in [7, 11) is 0. The SMILES string of the molecule is CCC1CCC(CC(C)C(F)(F)F)CC1. The number of halogens is 3. The van der Waals surface area contributed by atoms with Crippen LogP contribution in [0.15, 0.2) is 0 Å². The van der Waals surface area contributed by atoms with Crippen molar-refractivity contribution in [2.75, 3.05) is 0 Å². The normalized spacial score (nSPS) is 30.2. The van der Waals surface area contributed by atoms with E-state index in [4.69, 9.17) is 0 Å². The van der Waals surface area contributed by atoms with E-state index in [1.54, 1.807) is 0 Å². The minimum atomic E-state index is -4.00. The number of hydrogen-bond acceptors (Lipinski definition) is 0. The Labute approximate surface area is 90.2 Å². The Bertz CT molecular complexity index is 178. The van der Waals surface area contributed by atoms with E-state index < -0.39 is 12.1 Å². The summed E-state index contributed by atoms with van der Waals surface area (Å²) in [6, 6.07) is 0. The van der Waals surface area contributed by atoms with Crippen molar-refractivity contribution in [3.05, 3.63) is 0 Å². The van der Waals surface area contributed by atoms with Crippen LogP contribution in [-0.2, 0) is 0 Å². The Kier molecular flexibility index (Phi) is 4.47. The molecule has 1 saturated carbocycles. The predicted octanol–water partition coefficient (Wildman–Crippen LogP) is 4.79. The first-order valence-corrected chi connectivity index (χ1v) is 6.00. The molecular weight excluding hydrogens is 201 g/mol. The summed E-state index contributed by atoms with van der Waals surface area (Å²) in [6.45, 7) is 3.48. The van der Waals surface area contributed by atoms with Gasteiger partial charge in [0, 0.05) is 0 Å². The topological polar surface area (TPSA) is 0 Å². The largest absolute Gasteiger partial charge is 0.391 e. The fourth-order valence-electron chi connectivity index (χ4n) is 2.51. The van der Waals surface area contributed by atoms with Gasteiger partial charge in [0.15, 0.2) is 0 Å². The third kappa shape index (κ3) is 4.04. The first-order valence-electron chi connectivity index (χ1n) is 6.00. The maximum atomic E-state index is 12.3. The highest BCUT2D eigenvalue weighted by Crippen LogP contribution is 2.38. The predicted molar refractivity (Wildman–Crippen MR) is 55.6 cm³/mol. The van der Waals surface area contributed by atoms with Crippen molar-refractivity contribution in [1.29, 1.82) is 0 Å². The van der Waals surface area contributed by atoms with Crippen LogP contribution in [0, 0.1) is 17.8 Å². The number of rotatable bonds is 3. The lowest BCUT2D eigenvalue weighted by Gasteiger charge is -2.30. The van der Waals surface area contributed by atoms with E-state index in [1.807, 2.05) is 0 Å². The highest BCUT2D eigenvalue weighted by molar-refractivity contribution is 4.75. The lowest BCUT2D eigenvalue weighted by molar-refractivity contribution is -0.174. The molecular formula is C12H21F3. The minimum absolute atomic E-state index is 0.310. The molecule has 0 amide bonds. The Hall–Kier alpha value is -0.210. The molecule has 1 atom stereocenters. The average Bonchev–Trinajstić information content (AvgIpc) is 2.17. The highest BCUT2D eigenvalue weighted by Gasteiger charge is 2.37. The van der Waals surface area contributed by atoms with Crippen molar-refractivity contribution in [2.24, 2.45) is 17.8 Å². The zero-order valence-electron chi connectivity index (χ0n) is 9.61. The Morgan fingerprint density at radius 1 is 1.07 bits per heavy atom. The summed E-state index contributed by atoms with van der Waals surface area (Å²) in [4.78, 5) is 0. The maximum Gasteiger partial charge on any atom is 0.391 e. The molecule has 0 spiro atoms. The van der Waals surface area contributed by atoms with E-state index in [-0.39, 0.29) is 0 Å². The Morgan fingerprint density at radius 2 is 1.53 bits per heavy atom. The van der Waals surface area contributed by atoms with E-state index >= 15 is 0 Å². The average molecular weight is 222 g/mol. The summed E-state index contributed by atoms with van der Waals surface area (Å²) in [5.74, 6) is -0.0486. The molecule has 1 rings (SSSR count). The van der Waals surface area contributed by atoms with Gasteiger partial charge in [0.1, 0.15) is 0 Å². The molecule has 3 heteroatoms. The molecule has 90 valence electrons. The van der Waals surface area contributed by atoms with Crippen molar-refractivity contribution < 1.29 is 13.2 Å². The standard InChI is InChI=1S/C12H21F3/c1-3-10-4-6-11(7-5-10)8-9(2)12(13,14)15/h9-11H,3-8H2,1-2H3. The summed E-state index contributed by atoms with van der Waals surface area (Å²) in [5, 5.41) is 0. The number of hydrogen-bond donors (Lipinski definition) is 0. The van der Waals surface area contributed by atoms with Gasteiger partial charge in [-0.15, -0.1) is 0 Å². The molecule has 0 nitrogen and oxygen atoms in total. The Morgan fingerprint density at radius 3 is 1.93 bits per heavy atom. The van der Waals surface area contributed by atoms with Gasteiger partial charge in [0.2, 0.25) is 0 Å². The van der Waals surface area contributed by atoms with Gasteiger partial charge in [-0.2, -0.15) is 13.2 Å². The van der Waals surface area contributed by atoms with Crippen LogP contribution in [0.25, 0.3) is 0 Å². The van der Waals surface area contributed by atoms with Crippen molar-refractivity contribution in [3.8, 4) is 0 Å². The van der Waals surface area contributed by atoms with Gasteiger partial charge < -0.3 is 0 Å². The quantitative estimate of drug-likeness (QED) is 0.644. The molecule has 0 aromatic rings. The molecule has 1 aliphatic carbocycles. The maximum absolute atomic E-state index is 12.3. The summed E-state index contributed by atoms with van der Waals surface area (Å²) in [6.07, 6.45) is 1.78. The molecule has 1 aliphatic rings. The van der Waals surface area contributed by atoms with Gasteiger partial charge in [-0.1, -0.05) is 46.0 Å². The third-order valence-corrected chi connectivity index (χ3v) is 3.79. The molecule has 0 aromatic carbocycles. The highest BCUT2D eigenvalue weighted by atomic mass is 19.4. The van der Waals surface area contributed by atoms with Crippen molar-refractivity contribution in [2.45, 2.75) is 58.5 Å². The zero-order chi connectivity index (χ0) is 11.5. The van der Waals surface area contributed by atoms with Gasteiger partial charge in [-0.05, 0) is 18.3 Å². The summed E-state index contributed by atoms with van der Waals surface area (Å²) in [5.41, 5.74) is 0. The molecule has 0 bridgehead atoms. The molecule has 0 heterocycles. The van der Waals surface area contributed by atoms with E-state index in [1.165, 1.54) is 13.3 Å². The van der Waals surface area contributed by atoms with Crippen LogP contribution >= 0.6 is 0 Å². The second kappa shape index (κ2) is 5.22. The fraction of sp³-hybridized carbons (Fsp3) is 1.00. The molecule has 0 aliphatic heterocycles. The third-order valence-electron chi connectivity index (χ3n) is 3.79. The molecule has 0 N–H and O–H groups in total. The van der Waals surface area contributed by atoms with Crippen LogP contribution in [0.1, 0.15) is 52.4 Å². The van der Waals surface area contributed by atoms with E-state index in [2.05, 4.69) is 6.92 Å². The molecule has 15 heavy (non-hydrogen) atoms. The molecule has 0 radical (unpaired) electrons. The second-order valence-electron chi connectivity index (χ2n) is 4.97. The number of alkyl halides is 3. The van der Waals surface area contributed by atoms with Crippen LogP contribution in [0.4, 0.5) is 13.2 Å². The van der Waals surface area contributed by atoms with Crippen molar-refractivity contribution in [1.82, 2.24) is 0 Å². The van der Waals surface area contributed by atoms with Crippen LogP contribution < -0.4 is 0 Å². The summed E-state index contributed by atoms with van der Waals surface area (Å²) >= 11 is 0. The second-order valence-corrected chi connectivity index (χ2v) is 4.97. The molecule has 0 aromatic heterocycles. The lowest BCUT2D eigenvalue weighted by Crippen LogP contribution is -2.24. The smallest absolute Gasteiger partial charge is 0.171 e. The first-order chi connectivity index (χ1) is 6.93. The zero-order valence-corrected chi connectivity index (χ0v) is 9.61. The molecule has 0 saturated heterocycles.